The zero-order valence-corrected chi connectivity index (χ0v) is 21.6. The first-order chi connectivity index (χ1) is 15.6. The molecule has 0 bridgehead atoms. The van der Waals surface area contributed by atoms with Crippen LogP contribution in [0.2, 0.25) is 0 Å². The van der Waals surface area contributed by atoms with E-state index in [2.05, 4.69) is 45.9 Å². The summed E-state index contributed by atoms with van der Waals surface area (Å²) in [5.74, 6) is 0.682. The second kappa shape index (κ2) is 13.9. The van der Waals surface area contributed by atoms with Crippen molar-refractivity contribution in [2.75, 3.05) is 32.7 Å². The number of hydrogen-bond acceptors (Lipinski definition) is 4. The predicted octanol–water partition coefficient (Wildman–Crippen LogP) is 3.64. The summed E-state index contributed by atoms with van der Waals surface area (Å²) < 4.78 is 1.72. The number of hydrogen-bond donors (Lipinski definition) is 2. The number of benzene rings is 1. The number of halogens is 2. The molecular formula is C26H38Cl2N4O2. The molecule has 1 unspecified atom stereocenters. The van der Waals surface area contributed by atoms with Gasteiger partial charge in [0, 0.05) is 25.8 Å². The van der Waals surface area contributed by atoms with E-state index in [0.717, 1.165) is 64.0 Å². The Morgan fingerprint density at radius 2 is 1.79 bits per heavy atom. The fourth-order valence-corrected chi connectivity index (χ4v) is 4.96. The van der Waals surface area contributed by atoms with Crippen molar-refractivity contribution in [1.29, 1.82) is 0 Å². The Morgan fingerprint density at radius 3 is 2.47 bits per heavy atom. The molecular weight excluding hydrogens is 471 g/mol. The number of likely N-dealkylation sites (tertiary alicyclic amines) is 1. The molecule has 0 radical (unpaired) electrons. The Labute approximate surface area is 215 Å². The van der Waals surface area contributed by atoms with Crippen molar-refractivity contribution in [1.82, 2.24) is 20.1 Å². The lowest BCUT2D eigenvalue weighted by Gasteiger charge is -2.32. The van der Waals surface area contributed by atoms with Crippen LogP contribution >= 0.6 is 24.8 Å². The van der Waals surface area contributed by atoms with E-state index in [0.29, 0.717) is 30.5 Å². The fraction of sp³-hybridized carbons (Fsp3) is 0.538. The number of rotatable bonds is 7. The van der Waals surface area contributed by atoms with Crippen molar-refractivity contribution < 1.29 is 4.79 Å². The zero-order valence-electron chi connectivity index (χ0n) is 20.0. The van der Waals surface area contributed by atoms with E-state index in [-0.39, 0.29) is 36.3 Å². The lowest BCUT2D eigenvalue weighted by molar-refractivity contribution is 0.0932. The lowest BCUT2D eigenvalue weighted by atomic mass is 9.96. The molecule has 1 aromatic carbocycles. The van der Waals surface area contributed by atoms with Gasteiger partial charge in [0.05, 0.1) is 0 Å². The number of piperidine rings is 2. The topological polar surface area (TPSA) is 66.4 Å². The summed E-state index contributed by atoms with van der Waals surface area (Å²) in [6.45, 7) is 8.22. The Bertz CT molecular complexity index is 953. The van der Waals surface area contributed by atoms with Crippen LogP contribution in [0.5, 0.6) is 0 Å². The van der Waals surface area contributed by atoms with Crippen molar-refractivity contribution in [3.8, 4) is 0 Å². The number of aromatic nitrogens is 1. The molecule has 2 fully saturated rings. The van der Waals surface area contributed by atoms with Gasteiger partial charge in [-0.1, -0.05) is 30.3 Å². The molecule has 1 atom stereocenters. The monoisotopic (exact) mass is 508 g/mol. The van der Waals surface area contributed by atoms with Crippen LogP contribution in [0, 0.1) is 18.8 Å². The van der Waals surface area contributed by atoms with E-state index in [1.54, 1.807) is 4.57 Å². The molecule has 0 saturated carbocycles. The predicted molar refractivity (Wildman–Crippen MR) is 142 cm³/mol. The first kappa shape index (κ1) is 28.4. The highest BCUT2D eigenvalue weighted by Crippen LogP contribution is 2.19. The van der Waals surface area contributed by atoms with Crippen LogP contribution in [0.1, 0.15) is 47.2 Å². The number of pyridine rings is 1. The van der Waals surface area contributed by atoms with E-state index >= 15 is 0 Å². The van der Waals surface area contributed by atoms with Gasteiger partial charge in [-0.3, -0.25) is 14.5 Å². The molecule has 2 saturated heterocycles. The third-order valence-corrected chi connectivity index (χ3v) is 6.96. The van der Waals surface area contributed by atoms with Crippen molar-refractivity contribution in [2.24, 2.45) is 11.8 Å². The highest BCUT2D eigenvalue weighted by Gasteiger charge is 2.22. The minimum absolute atomic E-state index is 0. The van der Waals surface area contributed by atoms with Gasteiger partial charge < -0.3 is 15.2 Å². The van der Waals surface area contributed by atoms with Crippen molar-refractivity contribution in [3.63, 3.8) is 0 Å². The molecule has 8 heteroatoms. The summed E-state index contributed by atoms with van der Waals surface area (Å²) in [5, 5.41) is 6.46. The summed E-state index contributed by atoms with van der Waals surface area (Å²) in [6, 6.07) is 12.5. The Hall–Kier alpha value is -1.86. The average molecular weight is 510 g/mol. The quantitative estimate of drug-likeness (QED) is 0.598. The van der Waals surface area contributed by atoms with Crippen LogP contribution < -0.4 is 16.2 Å². The van der Waals surface area contributed by atoms with Crippen LogP contribution in [-0.4, -0.2) is 48.1 Å². The molecule has 4 rings (SSSR count). The smallest absolute Gasteiger partial charge is 0.263 e. The molecule has 6 nitrogen and oxygen atoms in total. The highest BCUT2D eigenvalue weighted by atomic mass is 35.5. The lowest BCUT2D eigenvalue weighted by Crippen LogP contribution is -2.41. The summed E-state index contributed by atoms with van der Waals surface area (Å²) in [5.41, 5.74) is 2.24. The normalized spacial score (nSPS) is 19.0. The second-order valence-corrected chi connectivity index (χ2v) is 9.46. The summed E-state index contributed by atoms with van der Waals surface area (Å²) in [4.78, 5) is 28.5. The first-order valence-corrected chi connectivity index (χ1v) is 12.1. The van der Waals surface area contributed by atoms with Crippen LogP contribution in [0.25, 0.3) is 0 Å². The molecule has 0 aliphatic carbocycles. The number of aryl methyl sites for hydroxylation is 1. The second-order valence-electron chi connectivity index (χ2n) is 9.46. The van der Waals surface area contributed by atoms with Crippen molar-refractivity contribution in [2.45, 2.75) is 45.7 Å². The summed E-state index contributed by atoms with van der Waals surface area (Å²) in [7, 11) is 0. The SMILES string of the molecule is Cc1ccn(CC2CCCNC2)c(=O)c1C(=O)NCC1CCN(Cc2ccccc2)CC1.Cl.Cl. The molecule has 2 aliphatic rings. The molecule has 34 heavy (non-hydrogen) atoms. The van der Waals surface area contributed by atoms with Crippen molar-refractivity contribution >= 4 is 30.7 Å². The average Bonchev–Trinajstić information content (AvgIpc) is 2.82. The minimum Gasteiger partial charge on any atom is -0.352 e. The van der Waals surface area contributed by atoms with Gasteiger partial charge in [-0.2, -0.15) is 0 Å². The minimum atomic E-state index is -0.227. The van der Waals surface area contributed by atoms with Crippen LogP contribution in [0.4, 0.5) is 0 Å². The number of amides is 1. The third-order valence-electron chi connectivity index (χ3n) is 6.96. The number of carbonyl (C=O) groups is 1. The molecule has 1 aromatic heterocycles. The molecule has 1 amide bonds. The Balaban J connectivity index is 0.00000204. The maximum absolute atomic E-state index is 13.0. The van der Waals surface area contributed by atoms with E-state index < -0.39 is 0 Å². The van der Waals surface area contributed by atoms with Gasteiger partial charge in [-0.05, 0) is 87.8 Å². The molecule has 3 heterocycles. The number of nitrogens with zero attached hydrogens (tertiary/aromatic N) is 2. The Kier molecular flexibility index (Phi) is 11.6. The number of carbonyl (C=O) groups excluding carboxylic acids is 1. The van der Waals surface area contributed by atoms with E-state index in [4.69, 9.17) is 0 Å². The molecule has 2 aliphatic heterocycles. The zero-order chi connectivity index (χ0) is 22.3. The van der Waals surface area contributed by atoms with Gasteiger partial charge >= 0.3 is 0 Å². The van der Waals surface area contributed by atoms with E-state index in [1.165, 1.54) is 5.56 Å². The van der Waals surface area contributed by atoms with E-state index in [9.17, 15) is 9.59 Å². The molecule has 2 aromatic rings. The van der Waals surface area contributed by atoms with Crippen molar-refractivity contribution in [3.05, 3.63) is 69.6 Å². The third kappa shape index (κ3) is 7.57. The van der Waals surface area contributed by atoms with Crippen LogP contribution in [0.3, 0.4) is 0 Å². The summed E-state index contributed by atoms with van der Waals surface area (Å²) in [6.07, 6.45) is 6.24. The van der Waals surface area contributed by atoms with Gasteiger partial charge in [-0.25, -0.2) is 0 Å². The maximum Gasteiger partial charge on any atom is 0.263 e. The highest BCUT2D eigenvalue weighted by molar-refractivity contribution is 5.95. The largest absolute Gasteiger partial charge is 0.352 e. The number of nitrogens with one attached hydrogen (secondary N) is 2. The maximum atomic E-state index is 13.0. The molecule has 188 valence electrons. The van der Waals surface area contributed by atoms with Crippen LogP contribution in [-0.2, 0) is 13.1 Å². The molecule has 0 spiro atoms. The van der Waals surface area contributed by atoms with Crippen LogP contribution in [0.15, 0.2) is 47.4 Å². The summed E-state index contributed by atoms with van der Waals surface area (Å²) >= 11 is 0. The fourth-order valence-electron chi connectivity index (χ4n) is 4.96. The van der Waals surface area contributed by atoms with Gasteiger partial charge in [0.25, 0.3) is 11.5 Å². The first-order valence-electron chi connectivity index (χ1n) is 12.1. The van der Waals surface area contributed by atoms with Gasteiger partial charge in [0.1, 0.15) is 5.56 Å². The van der Waals surface area contributed by atoms with Gasteiger partial charge in [0.15, 0.2) is 0 Å². The van der Waals surface area contributed by atoms with E-state index in [1.807, 2.05) is 19.2 Å². The van der Waals surface area contributed by atoms with Gasteiger partial charge in [-0.15, -0.1) is 24.8 Å². The van der Waals surface area contributed by atoms with Gasteiger partial charge in [0.2, 0.25) is 0 Å². The standard InChI is InChI=1S/C26H36N4O2.2ClH/c1-20-9-15-30(19-23-8-5-12-27-16-23)26(32)24(20)25(31)28-17-21-10-13-29(14-11-21)18-22-6-3-2-4-7-22;;/h2-4,6-7,9,15,21,23,27H,5,8,10-14,16-19H2,1H3,(H,28,31);2*1H. The molecule has 2 N–H and O–H groups in total. The Morgan fingerprint density at radius 1 is 1.06 bits per heavy atom.